The zero-order valence-corrected chi connectivity index (χ0v) is 15.0. The summed E-state index contributed by atoms with van der Waals surface area (Å²) in [5.41, 5.74) is 3.21. The number of carbonyl (C=O) groups is 1. The van der Waals surface area contributed by atoms with Gasteiger partial charge < -0.3 is 15.2 Å². The molecule has 138 valence electrons. The molecule has 0 unspecified atom stereocenters. The van der Waals surface area contributed by atoms with Crippen LogP contribution in [0.2, 0.25) is 0 Å². The van der Waals surface area contributed by atoms with E-state index in [1.807, 2.05) is 47.2 Å². The molecule has 4 rings (SSSR count). The van der Waals surface area contributed by atoms with Crippen molar-refractivity contribution in [3.8, 4) is 5.69 Å². The molecule has 7 heteroatoms. The van der Waals surface area contributed by atoms with Crippen LogP contribution in [0.4, 0.5) is 11.5 Å². The van der Waals surface area contributed by atoms with E-state index in [9.17, 15) is 4.79 Å². The number of anilines is 2. The van der Waals surface area contributed by atoms with E-state index < -0.39 is 0 Å². The molecular weight excluding hydrogens is 352 g/mol. The molecule has 1 aromatic carbocycles. The molecule has 0 atom stereocenters. The number of rotatable bonds is 6. The minimum Gasteiger partial charge on any atom is -0.365 e. The van der Waals surface area contributed by atoms with Gasteiger partial charge in [-0.2, -0.15) is 0 Å². The number of hydrogen-bond acceptors (Lipinski definition) is 5. The van der Waals surface area contributed by atoms with Crippen molar-refractivity contribution in [3.63, 3.8) is 0 Å². The van der Waals surface area contributed by atoms with Crippen LogP contribution in [0.25, 0.3) is 5.69 Å². The predicted molar refractivity (Wildman–Crippen MR) is 107 cm³/mol. The molecule has 2 N–H and O–H groups in total. The van der Waals surface area contributed by atoms with E-state index in [1.54, 1.807) is 43.2 Å². The van der Waals surface area contributed by atoms with Crippen LogP contribution in [-0.4, -0.2) is 25.4 Å². The van der Waals surface area contributed by atoms with Crippen molar-refractivity contribution in [2.75, 3.05) is 10.6 Å². The van der Waals surface area contributed by atoms with Crippen LogP contribution in [0.1, 0.15) is 15.9 Å². The molecule has 0 aliphatic carbocycles. The Kier molecular flexibility index (Phi) is 5.06. The van der Waals surface area contributed by atoms with Gasteiger partial charge in [-0.15, -0.1) is 0 Å². The lowest BCUT2D eigenvalue weighted by Crippen LogP contribution is -2.15. The Bertz CT molecular complexity index is 1050. The first-order chi connectivity index (χ1) is 13.8. The second kappa shape index (κ2) is 8.13. The van der Waals surface area contributed by atoms with E-state index >= 15 is 0 Å². The van der Waals surface area contributed by atoms with Crippen LogP contribution in [0, 0.1) is 0 Å². The standard InChI is InChI=1S/C21H18N6O/c28-21(26-17-3-5-18(6-4-17)27-13-12-23-15-27)19-2-1-9-24-20(19)25-14-16-7-10-22-11-8-16/h1-13,15H,14H2,(H,24,25)(H,26,28). The molecular formula is C21H18N6O. The lowest BCUT2D eigenvalue weighted by molar-refractivity contribution is 0.102. The van der Waals surface area contributed by atoms with Crippen molar-refractivity contribution in [3.05, 3.63) is 97.0 Å². The van der Waals surface area contributed by atoms with Crippen molar-refractivity contribution < 1.29 is 4.79 Å². The average molecular weight is 370 g/mol. The van der Waals surface area contributed by atoms with Gasteiger partial charge in [0.2, 0.25) is 0 Å². The highest BCUT2D eigenvalue weighted by molar-refractivity contribution is 6.07. The number of aromatic nitrogens is 4. The molecule has 0 spiro atoms. The molecule has 0 fully saturated rings. The van der Waals surface area contributed by atoms with Crippen LogP contribution in [0.15, 0.2) is 85.8 Å². The second-order valence-corrected chi connectivity index (χ2v) is 6.08. The third kappa shape index (κ3) is 4.04. The van der Waals surface area contributed by atoms with Gasteiger partial charge in [0.1, 0.15) is 5.82 Å². The number of imidazole rings is 1. The highest BCUT2D eigenvalue weighted by Crippen LogP contribution is 2.17. The molecule has 3 heterocycles. The number of benzene rings is 1. The molecule has 4 aromatic rings. The van der Waals surface area contributed by atoms with Crippen molar-refractivity contribution in [1.29, 1.82) is 0 Å². The first-order valence-corrected chi connectivity index (χ1v) is 8.77. The maximum Gasteiger partial charge on any atom is 0.259 e. The highest BCUT2D eigenvalue weighted by Gasteiger charge is 2.12. The van der Waals surface area contributed by atoms with Crippen molar-refractivity contribution >= 4 is 17.4 Å². The van der Waals surface area contributed by atoms with E-state index in [-0.39, 0.29) is 5.91 Å². The minimum absolute atomic E-state index is 0.222. The first-order valence-electron chi connectivity index (χ1n) is 8.77. The van der Waals surface area contributed by atoms with Crippen LogP contribution >= 0.6 is 0 Å². The summed E-state index contributed by atoms with van der Waals surface area (Å²) in [5.74, 6) is 0.313. The van der Waals surface area contributed by atoms with Gasteiger partial charge in [0.05, 0.1) is 11.9 Å². The summed E-state index contributed by atoms with van der Waals surface area (Å²) in [7, 11) is 0. The first kappa shape index (κ1) is 17.4. The fraction of sp³-hybridized carbons (Fsp3) is 0.0476. The monoisotopic (exact) mass is 370 g/mol. The third-order valence-electron chi connectivity index (χ3n) is 4.19. The Balaban J connectivity index is 1.46. The lowest BCUT2D eigenvalue weighted by atomic mass is 10.2. The Morgan fingerprint density at radius 2 is 1.75 bits per heavy atom. The summed E-state index contributed by atoms with van der Waals surface area (Å²) in [6.07, 6.45) is 10.4. The van der Waals surface area contributed by atoms with Gasteiger partial charge >= 0.3 is 0 Å². The van der Waals surface area contributed by atoms with E-state index in [4.69, 9.17) is 0 Å². The molecule has 0 saturated carbocycles. The topological polar surface area (TPSA) is 84.7 Å². The lowest BCUT2D eigenvalue weighted by Gasteiger charge is -2.12. The summed E-state index contributed by atoms with van der Waals surface area (Å²) >= 11 is 0. The fourth-order valence-corrected chi connectivity index (χ4v) is 2.74. The number of carbonyl (C=O) groups excluding carboxylic acids is 1. The normalized spacial score (nSPS) is 10.4. The highest BCUT2D eigenvalue weighted by atomic mass is 16.1. The predicted octanol–water partition coefficient (Wildman–Crippen LogP) is 3.53. The van der Waals surface area contributed by atoms with Gasteiger partial charge in [0, 0.05) is 48.9 Å². The molecule has 28 heavy (non-hydrogen) atoms. The van der Waals surface area contributed by atoms with Crippen LogP contribution in [-0.2, 0) is 6.54 Å². The molecule has 0 bridgehead atoms. The smallest absolute Gasteiger partial charge is 0.259 e. The SMILES string of the molecule is O=C(Nc1ccc(-n2ccnc2)cc1)c1cccnc1NCc1ccncc1. The van der Waals surface area contributed by atoms with Gasteiger partial charge in [-0.3, -0.25) is 9.78 Å². The van der Waals surface area contributed by atoms with Crippen molar-refractivity contribution in [2.24, 2.45) is 0 Å². The summed E-state index contributed by atoms with van der Waals surface area (Å²) < 4.78 is 1.90. The van der Waals surface area contributed by atoms with Gasteiger partial charge in [0.15, 0.2) is 0 Å². The molecule has 0 aliphatic rings. The largest absolute Gasteiger partial charge is 0.365 e. The number of pyridine rings is 2. The quantitative estimate of drug-likeness (QED) is 0.542. The van der Waals surface area contributed by atoms with Crippen LogP contribution < -0.4 is 10.6 Å². The van der Waals surface area contributed by atoms with Gasteiger partial charge in [-0.05, 0) is 54.1 Å². The summed E-state index contributed by atoms with van der Waals surface area (Å²) in [4.78, 5) is 25.1. The molecule has 7 nitrogen and oxygen atoms in total. The number of nitrogens with zero attached hydrogens (tertiary/aromatic N) is 4. The van der Waals surface area contributed by atoms with E-state index in [2.05, 4.69) is 25.6 Å². The second-order valence-electron chi connectivity index (χ2n) is 6.08. The van der Waals surface area contributed by atoms with E-state index in [1.165, 1.54) is 0 Å². The van der Waals surface area contributed by atoms with Gasteiger partial charge in [-0.25, -0.2) is 9.97 Å². The zero-order valence-electron chi connectivity index (χ0n) is 15.0. The Morgan fingerprint density at radius 3 is 2.50 bits per heavy atom. The maximum atomic E-state index is 12.7. The number of nitrogens with one attached hydrogen (secondary N) is 2. The summed E-state index contributed by atoms with van der Waals surface area (Å²) in [5, 5.41) is 6.13. The molecule has 3 aromatic heterocycles. The number of amides is 1. The van der Waals surface area contributed by atoms with E-state index in [0.717, 1.165) is 11.3 Å². The molecule has 0 radical (unpaired) electrons. The average Bonchev–Trinajstić information content (AvgIpc) is 3.29. The van der Waals surface area contributed by atoms with Gasteiger partial charge in [0.25, 0.3) is 5.91 Å². The van der Waals surface area contributed by atoms with Crippen molar-refractivity contribution in [1.82, 2.24) is 19.5 Å². The minimum atomic E-state index is -0.222. The Hall–Kier alpha value is -4.00. The zero-order chi connectivity index (χ0) is 19.2. The van der Waals surface area contributed by atoms with Crippen LogP contribution in [0.5, 0.6) is 0 Å². The Labute approximate surface area is 162 Å². The third-order valence-corrected chi connectivity index (χ3v) is 4.19. The maximum absolute atomic E-state index is 12.7. The fourth-order valence-electron chi connectivity index (χ4n) is 2.74. The summed E-state index contributed by atoms with van der Waals surface area (Å²) in [6, 6.07) is 14.9. The molecule has 0 saturated heterocycles. The van der Waals surface area contributed by atoms with E-state index in [0.29, 0.717) is 23.6 Å². The summed E-state index contributed by atoms with van der Waals surface area (Å²) in [6.45, 7) is 0.555. The van der Waals surface area contributed by atoms with Crippen molar-refractivity contribution in [2.45, 2.75) is 6.54 Å². The van der Waals surface area contributed by atoms with Crippen LogP contribution in [0.3, 0.4) is 0 Å². The van der Waals surface area contributed by atoms with Gasteiger partial charge in [-0.1, -0.05) is 0 Å². The number of hydrogen-bond donors (Lipinski definition) is 2. The molecule has 1 amide bonds. The molecule has 0 aliphatic heterocycles. The Morgan fingerprint density at radius 1 is 0.929 bits per heavy atom.